The van der Waals surface area contributed by atoms with Gasteiger partial charge in [0.25, 0.3) is 0 Å². The zero-order chi connectivity index (χ0) is 19.3. The third-order valence-corrected chi connectivity index (χ3v) is 4.76. The van der Waals surface area contributed by atoms with Crippen LogP contribution in [0, 0.1) is 11.6 Å². The van der Waals surface area contributed by atoms with E-state index in [1.807, 2.05) is 11.8 Å². The molecule has 1 aromatic rings. The number of nitrogens with zero attached hydrogens (tertiary/aromatic N) is 1. The van der Waals surface area contributed by atoms with E-state index < -0.39 is 29.7 Å². The van der Waals surface area contributed by atoms with Crippen molar-refractivity contribution in [2.45, 2.75) is 51.2 Å². The fraction of sp³-hybridized carbons (Fsp3) is 0.556. The first kappa shape index (κ1) is 20.1. The van der Waals surface area contributed by atoms with Gasteiger partial charge in [-0.2, -0.15) is 0 Å². The number of amides is 2. The second kappa shape index (κ2) is 8.93. The summed E-state index contributed by atoms with van der Waals surface area (Å²) in [5.41, 5.74) is 0.118. The Labute approximate surface area is 151 Å². The Bertz CT molecular complexity index is 651. The molecule has 8 heteroatoms. The first-order valence-corrected chi connectivity index (χ1v) is 8.81. The number of hydrogen-bond acceptors (Lipinski definition) is 3. The smallest absolute Gasteiger partial charge is 0.317 e. The Morgan fingerprint density at radius 1 is 1.31 bits per heavy atom. The topological polar surface area (TPSA) is 81.7 Å². The van der Waals surface area contributed by atoms with Gasteiger partial charge in [-0.3, -0.25) is 9.69 Å². The summed E-state index contributed by atoms with van der Waals surface area (Å²) in [5.74, 6) is -1.99. The van der Waals surface area contributed by atoms with Crippen LogP contribution in [0.15, 0.2) is 18.2 Å². The molecule has 0 aliphatic heterocycles. The van der Waals surface area contributed by atoms with Crippen LogP contribution in [-0.4, -0.2) is 47.2 Å². The molecule has 6 nitrogen and oxygen atoms in total. The second-order valence-corrected chi connectivity index (χ2v) is 6.52. The van der Waals surface area contributed by atoms with Crippen LogP contribution < -0.4 is 10.6 Å². The molecule has 1 aliphatic carbocycles. The van der Waals surface area contributed by atoms with Crippen molar-refractivity contribution in [1.82, 2.24) is 15.5 Å². The summed E-state index contributed by atoms with van der Waals surface area (Å²) in [4.78, 5) is 24.9. The molecule has 0 aromatic heterocycles. The van der Waals surface area contributed by atoms with Gasteiger partial charge in [0.05, 0.1) is 12.6 Å². The highest BCUT2D eigenvalue weighted by molar-refractivity contribution is 5.75. The number of urea groups is 1. The van der Waals surface area contributed by atoms with Gasteiger partial charge >= 0.3 is 12.0 Å². The van der Waals surface area contributed by atoms with Crippen molar-refractivity contribution in [2.24, 2.45) is 0 Å². The van der Waals surface area contributed by atoms with Crippen LogP contribution in [0.25, 0.3) is 0 Å². The molecule has 1 unspecified atom stereocenters. The molecule has 2 amide bonds. The van der Waals surface area contributed by atoms with E-state index in [9.17, 15) is 18.4 Å². The number of hydrogen-bond donors (Lipinski definition) is 3. The van der Waals surface area contributed by atoms with Gasteiger partial charge in [-0.05, 0) is 44.0 Å². The number of likely N-dealkylation sites (N-methyl/N-ethyl adjacent to an activating group) is 1. The van der Waals surface area contributed by atoms with Crippen LogP contribution in [0.2, 0.25) is 0 Å². The molecule has 1 aliphatic rings. The Hall–Kier alpha value is -2.22. The highest BCUT2D eigenvalue weighted by Crippen LogP contribution is 2.26. The van der Waals surface area contributed by atoms with Gasteiger partial charge in [-0.15, -0.1) is 0 Å². The number of nitrogens with one attached hydrogen (secondary N) is 2. The van der Waals surface area contributed by atoms with Crippen LogP contribution in [0.1, 0.15) is 44.7 Å². The minimum Gasteiger partial charge on any atom is -0.480 e. The molecular formula is C18H25F2N3O3. The van der Waals surface area contributed by atoms with Crippen molar-refractivity contribution >= 4 is 12.0 Å². The third kappa shape index (κ3) is 5.14. The van der Waals surface area contributed by atoms with Crippen molar-refractivity contribution in [3.8, 4) is 0 Å². The van der Waals surface area contributed by atoms with Crippen molar-refractivity contribution in [2.75, 3.05) is 13.1 Å². The lowest BCUT2D eigenvalue weighted by molar-refractivity contribution is -0.139. The monoisotopic (exact) mass is 369 g/mol. The Balaban J connectivity index is 1.85. The van der Waals surface area contributed by atoms with E-state index in [2.05, 4.69) is 10.6 Å². The summed E-state index contributed by atoms with van der Waals surface area (Å²) in [6.07, 6.45) is 1.75. The molecule has 0 bridgehead atoms. The Morgan fingerprint density at radius 3 is 2.58 bits per heavy atom. The van der Waals surface area contributed by atoms with Gasteiger partial charge in [-0.1, -0.05) is 13.8 Å². The molecule has 0 spiro atoms. The van der Waals surface area contributed by atoms with Crippen LogP contribution in [0.3, 0.4) is 0 Å². The number of rotatable bonds is 8. The lowest BCUT2D eigenvalue weighted by Gasteiger charge is -2.42. The van der Waals surface area contributed by atoms with Crippen LogP contribution in [0.4, 0.5) is 13.6 Å². The first-order chi connectivity index (χ1) is 12.3. The molecule has 2 rings (SSSR count). The van der Waals surface area contributed by atoms with Crippen molar-refractivity contribution in [1.29, 1.82) is 0 Å². The number of aliphatic carboxylic acids is 1. The zero-order valence-corrected chi connectivity index (χ0v) is 15.0. The quantitative estimate of drug-likeness (QED) is 0.658. The maximum atomic E-state index is 13.9. The van der Waals surface area contributed by atoms with E-state index in [1.54, 1.807) is 6.92 Å². The molecular weight excluding hydrogens is 344 g/mol. The van der Waals surface area contributed by atoms with Gasteiger partial charge < -0.3 is 15.7 Å². The van der Waals surface area contributed by atoms with Gasteiger partial charge in [0.2, 0.25) is 0 Å². The van der Waals surface area contributed by atoms with Gasteiger partial charge in [-0.25, -0.2) is 13.6 Å². The number of benzene rings is 1. The van der Waals surface area contributed by atoms with Gasteiger partial charge in [0, 0.05) is 17.6 Å². The number of carbonyl (C=O) groups is 2. The predicted octanol–water partition coefficient (Wildman–Crippen LogP) is 2.65. The van der Waals surface area contributed by atoms with Gasteiger partial charge in [0.1, 0.15) is 11.6 Å². The summed E-state index contributed by atoms with van der Waals surface area (Å²) in [5, 5.41) is 14.4. The molecule has 3 N–H and O–H groups in total. The summed E-state index contributed by atoms with van der Waals surface area (Å²) in [6, 6.07) is 2.18. The van der Waals surface area contributed by atoms with Gasteiger partial charge in [0.15, 0.2) is 0 Å². The first-order valence-electron chi connectivity index (χ1n) is 8.81. The third-order valence-electron chi connectivity index (χ3n) is 4.76. The molecule has 1 saturated carbocycles. The van der Waals surface area contributed by atoms with Crippen molar-refractivity contribution in [3.63, 3.8) is 0 Å². The van der Waals surface area contributed by atoms with E-state index in [0.29, 0.717) is 25.8 Å². The fourth-order valence-corrected chi connectivity index (χ4v) is 3.24. The molecule has 1 fully saturated rings. The van der Waals surface area contributed by atoms with Crippen molar-refractivity contribution < 1.29 is 23.5 Å². The molecule has 0 saturated heterocycles. The van der Waals surface area contributed by atoms with E-state index in [0.717, 1.165) is 18.2 Å². The molecule has 0 radical (unpaired) electrons. The fourth-order valence-electron chi connectivity index (χ4n) is 3.24. The molecule has 26 heavy (non-hydrogen) atoms. The maximum absolute atomic E-state index is 13.9. The number of carboxylic acids is 1. The SMILES string of the molecule is CCC(NC(=O)NC1CC(N(CC)CC(=O)O)C1)c1cc(F)ccc1F. The number of carbonyl (C=O) groups excluding carboxylic acids is 1. The average Bonchev–Trinajstić information content (AvgIpc) is 2.56. The summed E-state index contributed by atoms with van der Waals surface area (Å²) in [7, 11) is 0. The number of carboxylic acid groups (broad SMARTS) is 1. The minimum absolute atomic E-state index is 0.0170. The summed E-state index contributed by atoms with van der Waals surface area (Å²) < 4.78 is 27.2. The van der Waals surface area contributed by atoms with E-state index in [1.165, 1.54) is 0 Å². The van der Waals surface area contributed by atoms with Crippen LogP contribution >= 0.6 is 0 Å². The lowest BCUT2D eigenvalue weighted by Crippen LogP contribution is -2.56. The molecule has 1 atom stereocenters. The number of halogens is 2. The van der Waals surface area contributed by atoms with E-state index in [-0.39, 0.29) is 24.2 Å². The lowest BCUT2D eigenvalue weighted by atomic mass is 9.85. The van der Waals surface area contributed by atoms with Crippen LogP contribution in [-0.2, 0) is 4.79 Å². The predicted molar refractivity (Wildman–Crippen MR) is 92.8 cm³/mol. The summed E-state index contributed by atoms with van der Waals surface area (Å²) >= 11 is 0. The normalized spacial score (nSPS) is 20.3. The highest BCUT2D eigenvalue weighted by Gasteiger charge is 2.35. The Morgan fingerprint density at radius 2 is 2.00 bits per heavy atom. The average molecular weight is 369 g/mol. The maximum Gasteiger partial charge on any atom is 0.317 e. The van der Waals surface area contributed by atoms with E-state index in [4.69, 9.17) is 5.11 Å². The molecule has 0 heterocycles. The molecule has 144 valence electrons. The summed E-state index contributed by atoms with van der Waals surface area (Å²) in [6.45, 7) is 4.29. The second-order valence-electron chi connectivity index (χ2n) is 6.52. The molecule has 1 aromatic carbocycles. The minimum atomic E-state index is -0.871. The van der Waals surface area contributed by atoms with Crippen molar-refractivity contribution in [3.05, 3.63) is 35.4 Å². The standard InChI is InChI=1S/C18H25F2N3O3/c1-3-16(14-7-11(19)5-6-15(14)20)22-18(26)21-12-8-13(9-12)23(4-2)10-17(24)25/h5-7,12-13,16H,3-4,8-10H2,1-2H3,(H,24,25)(H2,21,22,26). The van der Waals surface area contributed by atoms with Crippen LogP contribution in [0.5, 0.6) is 0 Å². The Kier molecular flexibility index (Phi) is 6.90. The highest BCUT2D eigenvalue weighted by atomic mass is 19.1. The largest absolute Gasteiger partial charge is 0.480 e. The van der Waals surface area contributed by atoms with E-state index >= 15 is 0 Å². The zero-order valence-electron chi connectivity index (χ0n) is 15.0.